The molecule has 0 atom stereocenters. The first-order valence-electron chi connectivity index (χ1n) is 6.54. The standard InChI is InChI=1S/C15H15N3O3/c1-2-17(11-12-7-9-16-10-8-12)15(19)13-3-5-14(6-4-13)18(20)21/h3-10H,2,11H2,1H3. The number of carbonyl (C=O) groups excluding carboxylic acids is 1. The highest BCUT2D eigenvalue weighted by Gasteiger charge is 2.15. The molecule has 0 aliphatic heterocycles. The summed E-state index contributed by atoms with van der Waals surface area (Å²) in [7, 11) is 0. The Morgan fingerprint density at radius 2 is 1.81 bits per heavy atom. The van der Waals surface area contributed by atoms with E-state index in [1.54, 1.807) is 17.3 Å². The van der Waals surface area contributed by atoms with E-state index in [2.05, 4.69) is 4.98 Å². The molecule has 6 heteroatoms. The second-order valence-corrected chi connectivity index (χ2v) is 4.48. The number of aromatic nitrogens is 1. The van der Waals surface area contributed by atoms with Crippen LogP contribution in [0.2, 0.25) is 0 Å². The van der Waals surface area contributed by atoms with Crippen molar-refractivity contribution in [2.24, 2.45) is 0 Å². The van der Waals surface area contributed by atoms with Crippen LogP contribution < -0.4 is 0 Å². The van der Waals surface area contributed by atoms with Crippen molar-refractivity contribution < 1.29 is 9.72 Å². The molecule has 1 aromatic heterocycles. The summed E-state index contributed by atoms with van der Waals surface area (Å²) in [4.78, 5) is 28.2. The van der Waals surface area contributed by atoms with Crippen molar-refractivity contribution in [3.63, 3.8) is 0 Å². The normalized spacial score (nSPS) is 10.1. The molecule has 1 heterocycles. The second-order valence-electron chi connectivity index (χ2n) is 4.48. The summed E-state index contributed by atoms with van der Waals surface area (Å²) in [6.45, 7) is 2.93. The Morgan fingerprint density at radius 3 is 2.33 bits per heavy atom. The van der Waals surface area contributed by atoms with Gasteiger partial charge >= 0.3 is 0 Å². The molecule has 108 valence electrons. The lowest BCUT2D eigenvalue weighted by molar-refractivity contribution is -0.384. The summed E-state index contributed by atoms with van der Waals surface area (Å²) in [5, 5.41) is 10.6. The number of pyridine rings is 1. The topological polar surface area (TPSA) is 76.3 Å². The number of hydrogen-bond acceptors (Lipinski definition) is 4. The summed E-state index contributed by atoms with van der Waals surface area (Å²) < 4.78 is 0. The Bertz CT molecular complexity index is 626. The van der Waals surface area contributed by atoms with Gasteiger partial charge in [0.05, 0.1) is 4.92 Å². The predicted octanol–water partition coefficient (Wildman–Crippen LogP) is 2.65. The largest absolute Gasteiger partial charge is 0.335 e. The molecule has 0 fully saturated rings. The molecule has 0 bridgehead atoms. The Labute approximate surface area is 122 Å². The third-order valence-electron chi connectivity index (χ3n) is 3.12. The number of nitro groups is 1. The summed E-state index contributed by atoms with van der Waals surface area (Å²) in [6, 6.07) is 9.35. The zero-order valence-electron chi connectivity index (χ0n) is 11.6. The summed E-state index contributed by atoms with van der Waals surface area (Å²) in [5.41, 5.74) is 1.40. The van der Waals surface area contributed by atoms with Gasteiger partial charge in [0.2, 0.25) is 0 Å². The molecule has 1 amide bonds. The van der Waals surface area contributed by atoms with E-state index in [0.29, 0.717) is 18.7 Å². The predicted molar refractivity (Wildman–Crippen MR) is 77.7 cm³/mol. The van der Waals surface area contributed by atoms with Crippen molar-refractivity contribution in [1.82, 2.24) is 9.88 Å². The van der Waals surface area contributed by atoms with E-state index in [0.717, 1.165) is 5.56 Å². The van der Waals surface area contributed by atoms with E-state index >= 15 is 0 Å². The molecule has 6 nitrogen and oxygen atoms in total. The first-order chi connectivity index (χ1) is 10.1. The van der Waals surface area contributed by atoms with Crippen molar-refractivity contribution in [3.8, 4) is 0 Å². The van der Waals surface area contributed by atoms with Crippen LogP contribution in [-0.4, -0.2) is 27.3 Å². The van der Waals surface area contributed by atoms with Crippen LogP contribution in [0, 0.1) is 10.1 Å². The van der Waals surface area contributed by atoms with Gasteiger partial charge in [0.15, 0.2) is 0 Å². The Morgan fingerprint density at radius 1 is 1.19 bits per heavy atom. The number of benzene rings is 1. The molecule has 0 aliphatic rings. The van der Waals surface area contributed by atoms with Gasteiger partial charge in [-0.1, -0.05) is 0 Å². The minimum absolute atomic E-state index is 0.0243. The van der Waals surface area contributed by atoms with Gasteiger partial charge in [-0.05, 0) is 36.8 Å². The number of rotatable bonds is 5. The summed E-state index contributed by atoms with van der Waals surface area (Å²) >= 11 is 0. The van der Waals surface area contributed by atoms with Crippen LogP contribution in [0.1, 0.15) is 22.8 Å². The quantitative estimate of drug-likeness (QED) is 0.625. The SMILES string of the molecule is CCN(Cc1ccncc1)C(=O)c1ccc([N+](=O)[O-])cc1. The van der Waals surface area contributed by atoms with Crippen molar-refractivity contribution in [2.45, 2.75) is 13.5 Å². The molecule has 2 rings (SSSR count). The maximum atomic E-state index is 12.4. The van der Waals surface area contributed by atoms with Crippen LogP contribution in [0.3, 0.4) is 0 Å². The molecule has 0 radical (unpaired) electrons. The number of nitro benzene ring substituents is 1. The molecule has 0 spiro atoms. The lowest BCUT2D eigenvalue weighted by Crippen LogP contribution is -2.30. The first kappa shape index (κ1) is 14.6. The van der Waals surface area contributed by atoms with Crippen molar-refractivity contribution in [2.75, 3.05) is 6.54 Å². The zero-order chi connectivity index (χ0) is 15.2. The molecule has 0 N–H and O–H groups in total. The second kappa shape index (κ2) is 6.60. The maximum absolute atomic E-state index is 12.4. The number of hydrogen-bond donors (Lipinski definition) is 0. The number of carbonyl (C=O) groups is 1. The van der Waals surface area contributed by atoms with Crippen LogP contribution in [0.15, 0.2) is 48.8 Å². The van der Waals surface area contributed by atoms with Crippen LogP contribution in [0.5, 0.6) is 0 Å². The Kier molecular flexibility index (Phi) is 4.61. The Hall–Kier alpha value is -2.76. The molecule has 21 heavy (non-hydrogen) atoms. The highest BCUT2D eigenvalue weighted by Crippen LogP contribution is 2.14. The third kappa shape index (κ3) is 3.62. The van der Waals surface area contributed by atoms with Crippen molar-refractivity contribution in [3.05, 3.63) is 70.0 Å². The monoisotopic (exact) mass is 285 g/mol. The summed E-state index contributed by atoms with van der Waals surface area (Å²) in [6.07, 6.45) is 3.36. The molecular weight excluding hydrogens is 270 g/mol. The van der Waals surface area contributed by atoms with Gasteiger partial charge in [0.25, 0.3) is 11.6 Å². The number of amides is 1. The van der Waals surface area contributed by atoms with Crippen molar-refractivity contribution in [1.29, 1.82) is 0 Å². The van der Waals surface area contributed by atoms with E-state index in [-0.39, 0.29) is 11.6 Å². The van der Waals surface area contributed by atoms with Gasteiger partial charge in [-0.15, -0.1) is 0 Å². The number of non-ortho nitro benzene ring substituents is 1. The fourth-order valence-electron chi connectivity index (χ4n) is 1.94. The zero-order valence-corrected chi connectivity index (χ0v) is 11.6. The van der Waals surface area contributed by atoms with Gasteiger partial charge in [-0.2, -0.15) is 0 Å². The van der Waals surface area contributed by atoms with Crippen LogP contribution >= 0.6 is 0 Å². The molecule has 1 aromatic carbocycles. The summed E-state index contributed by atoms with van der Waals surface area (Å²) in [5.74, 6) is -0.149. The van der Waals surface area contributed by atoms with E-state index in [1.807, 2.05) is 19.1 Å². The minimum atomic E-state index is -0.483. The minimum Gasteiger partial charge on any atom is -0.335 e. The number of nitrogens with zero attached hydrogens (tertiary/aromatic N) is 3. The average Bonchev–Trinajstić information content (AvgIpc) is 2.53. The highest BCUT2D eigenvalue weighted by molar-refractivity contribution is 5.94. The van der Waals surface area contributed by atoms with E-state index < -0.39 is 4.92 Å². The van der Waals surface area contributed by atoms with Crippen LogP contribution in [-0.2, 0) is 6.54 Å². The molecule has 0 saturated heterocycles. The van der Waals surface area contributed by atoms with E-state index in [9.17, 15) is 14.9 Å². The van der Waals surface area contributed by atoms with Crippen LogP contribution in [0.25, 0.3) is 0 Å². The Balaban J connectivity index is 2.14. The fraction of sp³-hybridized carbons (Fsp3) is 0.200. The molecule has 0 unspecified atom stereocenters. The van der Waals surface area contributed by atoms with Gasteiger partial charge in [-0.3, -0.25) is 19.9 Å². The van der Waals surface area contributed by atoms with Gasteiger partial charge in [0.1, 0.15) is 0 Å². The fourth-order valence-corrected chi connectivity index (χ4v) is 1.94. The van der Waals surface area contributed by atoms with Crippen LogP contribution in [0.4, 0.5) is 5.69 Å². The third-order valence-corrected chi connectivity index (χ3v) is 3.12. The average molecular weight is 285 g/mol. The molecule has 0 saturated carbocycles. The van der Waals surface area contributed by atoms with E-state index in [4.69, 9.17) is 0 Å². The van der Waals surface area contributed by atoms with Gasteiger partial charge in [-0.25, -0.2) is 0 Å². The van der Waals surface area contributed by atoms with Gasteiger partial charge in [0, 0.05) is 43.2 Å². The van der Waals surface area contributed by atoms with Gasteiger partial charge < -0.3 is 4.90 Å². The maximum Gasteiger partial charge on any atom is 0.269 e. The highest BCUT2D eigenvalue weighted by atomic mass is 16.6. The smallest absolute Gasteiger partial charge is 0.269 e. The van der Waals surface area contributed by atoms with Crippen molar-refractivity contribution >= 4 is 11.6 Å². The lowest BCUT2D eigenvalue weighted by atomic mass is 10.1. The first-order valence-corrected chi connectivity index (χ1v) is 6.54. The molecule has 0 aliphatic carbocycles. The molecular formula is C15H15N3O3. The van der Waals surface area contributed by atoms with E-state index in [1.165, 1.54) is 24.3 Å². The lowest BCUT2D eigenvalue weighted by Gasteiger charge is -2.21. The molecule has 2 aromatic rings.